The van der Waals surface area contributed by atoms with Crippen LogP contribution in [0, 0.1) is 0 Å². The zero-order valence-corrected chi connectivity index (χ0v) is 38.3. The Kier molecular flexibility index (Phi) is 8.17. The van der Waals surface area contributed by atoms with Crippen LogP contribution in [0.3, 0.4) is 0 Å². The quantitative estimate of drug-likeness (QED) is 0.175. The van der Waals surface area contributed by atoms with Crippen LogP contribution in [0.2, 0.25) is 0 Å². The molecule has 15 rings (SSSR count). The van der Waals surface area contributed by atoms with E-state index in [2.05, 4.69) is 254 Å². The van der Waals surface area contributed by atoms with Gasteiger partial charge in [0.2, 0.25) is 0 Å². The minimum atomic E-state index is -0.597. The lowest BCUT2D eigenvalue weighted by Gasteiger charge is -2.40. The Balaban J connectivity index is 0.980. The maximum Gasteiger partial charge on any atom is 0.132 e. The smallest absolute Gasteiger partial charge is 0.132 e. The molecule has 0 N–H and O–H groups in total. The monoisotopic (exact) mass is 895 g/mol. The van der Waals surface area contributed by atoms with Crippen LogP contribution in [0.15, 0.2) is 259 Å². The lowest BCUT2D eigenvalue weighted by Crippen LogP contribution is -2.32. The first kappa shape index (κ1) is 38.7. The van der Waals surface area contributed by atoms with Crippen LogP contribution in [0.5, 0.6) is 11.5 Å². The van der Waals surface area contributed by atoms with E-state index in [1.807, 2.05) is 11.8 Å². The van der Waals surface area contributed by atoms with Crippen molar-refractivity contribution in [3.8, 4) is 44.9 Å². The molecule has 0 atom stereocenters. The molecular formula is C66H41NOS. The van der Waals surface area contributed by atoms with Crippen molar-refractivity contribution >= 4 is 39.6 Å². The molecule has 322 valence electrons. The van der Waals surface area contributed by atoms with Crippen LogP contribution in [0.25, 0.3) is 44.2 Å². The van der Waals surface area contributed by atoms with Gasteiger partial charge in [-0.3, -0.25) is 0 Å². The number of rotatable bonds is 4. The average Bonchev–Trinajstić information content (AvgIpc) is 3.86. The summed E-state index contributed by atoms with van der Waals surface area (Å²) in [7, 11) is 0. The molecule has 0 amide bonds. The van der Waals surface area contributed by atoms with Gasteiger partial charge in [-0.2, -0.15) is 0 Å². The molecule has 69 heavy (non-hydrogen) atoms. The molecule has 0 fully saturated rings. The van der Waals surface area contributed by atoms with E-state index in [4.69, 9.17) is 4.74 Å². The first-order valence-electron chi connectivity index (χ1n) is 23.8. The summed E-state index contributed by atoms with van der Waals surface area (Å²) in [5.41, 5.74) is 19.8. The fourth-order valence-electron chi connectivity index (χ4n) is 12.7. The van der Waals surface area contributed by atoms with Crippen molar-refractivity contribution < 1.29 is 4.74 Å². The van der Waals surface area contributed by atoms with Gasteiger partial charge in [-0.1, -0.05) is 200 Å². The molecule has 0 bridgehead atoms. The SMILES string of the molecule is c1ccc2c(c1)Oc1ccccc1C21c2ccccc2-c2ccc(N(c3ccc(-c4cccc5ccccc45)cc3)c3ccc4c(c3)-c3ccccc3C43c4ccccc4Sc4ccccc43)cc21. The Morgan fingerprint density at radius 1 is 0.304 bits per heavy atom. The summed E-state index contributed by atoms with van der Waals surface area (Å²) in [5, 5.41) is 2.49. The number of para-hydroxylation sites is 2. The number of anilines is 3. The highest BCUT2D eigenvalue weighted by atomic mass is 32.2. The third-order valence-corrected chi connectivity index (χ3v) is 16.6. The molecule has 0 saturated carbocycles. The molecule has 2 spiro atoms. The Bertz CT molecular complexity index is 3850. The largest absolute Gasteiger partial charge is 0.457 e. The standard InChI is InChI=1S/C66H41NOS/c1-2-18-47-42(16-1)17-15-21-48(47)43-32-34-44(35-33-43)67(45-37-39-55-52(40-45)50-20-4-6-23-54(50)65(55)58-26-9-13-30-63(58)69-64-31-14-10-27-59(64)65)46-36-38-51-49-19-3-5-22-53(49)66(60(51)41-46)56-24-7-11-28-61(56)68-62-29-12-8-25-57(62)66/h1-41H. The molecule has 4 aliphatic rings. The van der Waals surface area contributed by atoms with Crippen LogP contribution in [-0.2, 0) is 10.8 Å². The van der Waals surface area contributed by atoms with Gasteiger partial charge in [0.05, 0.1) is 10.8 Å². The second-order valence-corrected chi connectivity index (χ2v) is 19.7. The van der Waals surface area contributed by atoms with Crippen LogP contribution >= 0.6 is 11.8 Å². The average molecular weight is 896 g/mol. The van der Waals surface area contributed by atoms with Gasteiger partial charge in [0, 0.05) is 38.0 Å². The van der Waals surface area contributed by atoms with Crippen molar-refractivity contribution in [1.29, 1.82) is 0 Å². The number of fused-ring (bicyclic) bond motifs is 19. The van der Waals surface area contributed by atoms with Gasteiger partial charge in [0.15, 0.2) is 0 Å². The lowest BCUT2D eigenvalue weighted by atomic mass is 9.66. The number of hydrogen-bond acceptors (Lipinski definition) is 3. The molecule has 2 nitrogen and oxygen atoms in total. The highest BCUT2D eigenvalue weighted by Gasteiger charge is 2.52. The Labute approximate surface area is 405 Å². The molecule has 0 unspecified atom stereocenters. The Morgan fingerprint density at radius 3 is 1.46 bits per heavy atom. The molecule has 2 aliphatic carbocycles. The fourth-order valence-corrected chi connectivity index (χ4v) is 13.9. The highest BCUT2D eigenvalue weighted by molar-refractivity contribution is 7.99. The first-order valence-corrected chi connectivity index (χ1v) is 24.6. The van der Waals surface area contributed by atoms with E-state index in [1.165, 1.54) is 87.3 Å². The minimum Gasteiger partial charge on any atom is -0.457 e. The number of ether oxygens (including phenoxy) is 1. The maximum absolute atomic E-state index is 6.74. The van der Waals surface area contributed by atoms with E-state index in [1.54, 1.807) is 0 Å². The lowest BCUT2D eigenvalue weighted by molar-refractivity contribution is 0.436. The van der Waals surface area contributed by atoms with Crippen molar-refractivity contribution in [2.45, 2.75) is 20.6 Å². The summed E-state index contributed by atoms with van der Waals surface area (Å²) in [5.74, 6) is 1.78. The Hall–Kier alpha value is -8.37. The predicted octanol–water partition coefficient (Wildman–Crippen LogP) is 17.3. The van der Waals surface area contributed by atoms with Crippen molar-refractivity contribution in [2.75, 3.05) is 4.90 Å². The van der Waals surface area contributed by atoms with Gasteiger partial charge in [0.1, 0.15) is 11.5 Å². The van der Waals surface area contributed by atoms with Crippen LogP contribution in [0.1, 0.15) is 44.5 Å². The predicted molar refractivity (Wildman–Crippen MR) is 283 cm³/mol. The van der Waals surface area contributed by atoms with E-state index in [-0.39, 0.29) is 0 Å². The molecular weight excluding hydrogens is 855 g/mol. The molecule has 3 heteroatoms. The zero-order chi connectivity index (χ0) is 45.3. The van der Waals surface area contributed by atoms with E-state index in [0.717, 1.165) is 39.7 Å². The maximum atomic E-state index is 6.74. The van der Waals surface area contributed by atoms with E-state index >= 15 is 0 Å². The number of nitrogens with zero attached hydrogens (tertiary/aromatic N) is 1. The van der Waals surface area contributed by atoms with Crippen molar-refractivity contribution in [3.05, 3.63) is 293 Å². The van der Waals surface area contributed by atoms with Crippen LogP contribution in [-0.4, -0.2) is 0 Å². The van der Waals surface area contributed by atoms with E-state index in [9.17, 15) is 0 Å². The molecule has 2 heterocycles. The topological polar surface area (TPSA) is 12.5 Å². The Morgan fingerprint density at radius 2 is 0.768 bits per heavy atom. The summed E-state index contributed by atoms with van der Waals surface area (Å²) in [6.07, 6.45) is 0. The van der Waals surface area contributed by atoms with Crippen molar-refractivity contribution in [1.82, 2.24) is 0 Å². The van der Waals surface area contributed by atoms with Gasteiger partial charge >= 0.3 is 0 Å². The second kappa shape index (κ2) is 14.6. The summed E-state index contributed by atoms with van der Waals surface area (Å²) >= 11 is 1.89. The van der Waals surface area contributed by atoms with Crippen LogP contribution < -0.4 is 9.64 Å². The molecule has 0 saturated heterocycles. The summed E-state index contributed by atoms with van der Waals surface area (Å²) < 4.78 is 6.74. The van der Waals surface area contributed by atoms with Gasteiger partial charge in [-0.25, -0.2) is 0 Å². The van der Waals surface area contributed by atoms with E-state index < -0.39 is 10.8 Å². The number of hydrogen-bond donors (Lipinski definition) is 0. The summed E-state index contributed by atoms with van der Waals surface area (Å²) in [6, 6.07) is 92.4. The third-order valence-electron chi connectivity index (χ3n) is 15.4. The fraction of sp³-hybridized carbons (Fsp3) is 0.0303. The molecule has 2 aliphatic heterocycles. The zero-order valence-electron chi connectivity index (χ0n) is 37.4. The van der Waals surface area contributed by atoms with Gasteiger partial charge in [-0.05, 0) is 138 Å². The normalized spacial score (nSPS) is 14.4. The highest BCUT2D eigenvalue weighted by Crippen LogP contribution is 2.65. The summed E-state index contributed by atoms with van der Waals surface area (Å²) in [6.45, 7) is 0. The third kappa shape index (κ3) is 5.23. The first-order chi connectivity index (χ1) is 34.2. The second-order valence-electron chi connectivity index (χ2n) is 18.6. The van der Waals surface area contributed by atoms with Crippen molar-refractivity contribution in [2.24, 2.45) is 0 Å². The minimum absolute atomic E-state index is 0.455. The molecule has 0 aromatic heterocycles. The molecule has 11 aromatic carbocycles. The van der Waals surface area contributed by atoms with E-state index in [0.29, 0.717) is 0 Å². The summed E-state index contributed by atoms with van der Waals surface area (Å²) in [4.78, 5) is 5.09. The van der Waals surface area contributed by atoms with Crippen LogP contribution in [0.4, 0.5) is 17.1 Å². The number of benzene rings is 11. The van der Waals surface area contributed by atoms with Crippen molar-refractivity contribution in [3.63, 3.8) is 0 Å². The molecule has 11 aromatic rings. The van der Waals surface area contributed by atoms with Gasteiger partial charge in [0.25, 0.3) is 0 Å². The van der Waals surface area contributed by atoms with Gasteiger partial charge in [-0.15, -0.1) is 0 Å². The van der Waals surface area contributed by atoms with Gasteiger partial charge < -0.3 is 9.64 Å². The molecule has 0 radical (unpaired) electrons.